The zero-order valence-corrected chi connectivity index (χ0v) is 13.5. The first-order valence-electron chi connectivity index (χ1n) is 7.08. The molecule has 1 amide bonds. The van der Waals surface area contributed by atoms with Crippen LogP contribution in [0.4, 0.5) is 13.6 Å². The molecule has 0 radical (unpaired) electrons. The van der Waals surface area contributed by atoms with E-state index in [9.17, 15) is 23.5 Å². The standard InChI is InChI=1S/C15H20F2N2O5/c1-15(2,3)24-14(23)18-19(12(8-20)13(21)22)7-9-10(16)5-4-6-11(9)17/h4-6,12,20H,7-8H2,1-3H3,(H,18,23)(H,21,22)/t12-/m1/s1. The van der Waals surface area contributed by atoms with Crippen LogP contribution in [0.25, 0.3) is 0 Å². The van der Waals surface area contributed by atoms with E-state index in [1.165, 1.54) is 0 Å². The van der Waals surface area contributed by atoms with Crippen LogP contribution < -0.4 is 5.43 Å². The molecule has 9 heteroatoms. The number of hydrogen-bond donors (Lipinski definition) is 3. The number of aliphatic hydroxyl groups is 1. The van der Waals surface area contributed by atoms with Gasteiger partial charge in [-0.05, 0) is 32.9 Å². The van der Waals surface area contributed by atoms with E-state index in [1.54, 1.807) is 20.8 Å². The van der Waals surface area contributed by atoms with Crippen LogP contribution in [0.3, 0.4) is 0 Å². The predicted molar refractivity (Wildman–Crippen MR) is 79.8 cm³/mol. The van der Waals surface area contributed by atoms with Crippen molar-refractivity contribution in [3.63, 3.8) is 0 Å². The van der Waals surface area contributed by atoms with Gasteiger partial charge in [-0.3, -0.25) is 10.2 Å². The van der Waals surface area contributed by atoms with Crippen molar-refractivity contribution in [3.8, 4) is 0 Å². The number of nitrogens with zero attached hydrogens (tertiary/aromatic N) is 1. The van der Waals surface area contributed by atoms with Crippen LogP contribution in [-0.4, -0.2) is 45.5 Å². The SMILES string of the molecule is CC(C)(C)OC(=O)NN(Cc1c(F)cccc1F)[C@H](CO)C(=O)O. The van der Waals surface area contributed by atoms with Crippen molar-refractivity contribution >= 4 is 12.1 Å². The van der Waals surface area contributed by atoms with Crippen LogP contribution in [0.2, 0.25) is 0 Å². The van der Waals surface area contributed by atoms with Crippen LogP contribution in [-0.2, 0) is 16.1 Å². The van der Waals surface area contributed by atoms with Gasteiger partial charge in [-0.2, -0.15) is 5.01 Å². The number of carboxylic acids is 1. The molecule has 0 heterocycles. The van der Waals surface area contributed by atoms with Gasteiger partial charge in [0.2, 0.25) is 0 Å². The van der Waals surface area contributed by atoms with Crippen LogP contribution in [0, 0.1) is 11.6 Å². The van der Waals surface area contributed by atoms with Crippen molar-refractivity contribution < 1.29 is 33.3 Å². The Hall–Kier alpha value is -2.26. The van der Waals surface area contributed by atoms with Gasteiger partial charge in [-0.25, -0.2) is 13.6 Å². The van der Waals surface area contributed by atoms with Gasteiger partial charge in [0.05, 0.1) is 13.2 Å². The van der Waals surface area contributed by atoms with Gasteiger partial charge >= 0.3 is 12.1 Å². The van der Waals surface area contributed by atoms with E-state index in [1.807, 2.05) is 0 Å². The van der Waals surface area contributed by atoms with E-state index in [4.69, 9.17) is 9.84 Å². The Labute approximate surface area is 137 Å². The number of nitrogens with one attached hydrogen (secondary N) is 1. The van der Waals surface area contributed by atoms with Crippen molar-refractivity contribution in [3.05, 3.63) is 35.4 Å². The Kier molecular flexibility index (Phi) is 6.61. The molecule has 0 saturated heterocycles. The van der Waals surface area contributed by atoms with Crippen LogP contribution >= 0.6 is 0 Å². The first-order chi connectivity index (χ1) is 11.0. The molecule has 24 heavy (non-hydrogen) atoms. The maximum absolute atomic E-state index is 13.8. The molecule has 0 aliphatic heterocycles. The lowest BCUT2D eigenvalue weighted by molar-refractivity contribution is -0.146. The van der Waals surface area contributed by atoms with E-state index < -0.39 is 54.1 Å². The van der Waals surface area contributed by atoms with Crippen molar-refractivity contribution in [2.24, 2.45) is 0 Å². The second-order valence-electron chi connectivity index (χ2n) is 5.98. The lowest BCUT2D eigenvalue weighted by Crippen LogP contribution is -2.54. The first kappa shape index (κ1) is 19.8. The number of hydrogen-bond acceptors (Lipinski definition) is 5. The van der Waals surface area contributed by atoms with Gasteiger partial charge in [-0.1, -0.05) is 6.07 Å². The van der Waals surface area contributed by atoms with Gasteiger partial charge in [0, 0.05) is 5.56 Å². The normalized spacial score (nSPS) is 12.8. The number of carbonyl (C=O) groups is 2. The largest absolute Gasteiger partial charge is 0.480 e. The number of carbonyl (C=O) groups excluding carboxylic acids is 1. The zero-order valence-electron chi connectivity index (χ0n) is 13.5. The summed E-state index contributed by atoms with van der Waals surface area (Å²) in [4.78, 5) is 23.1. The Balaban J connectivity index is 3.06. The second kappa shape index (κ2) is 8.02. The maximum Gasteiger partial charge on any atom is 0.422 e. The fraction of sp³-hybridized carbons (Fsp3) is 0.467. The Morgan fingerprint density at radius 2 is 1.83 bits per heavy atom. The average Bonchev–Trinajstić information content (AvgIpc) is 2.40. The lowest BCUT2D eigenvalue weighted by atomic mass is 10.1. The third kappa shape index (κ3) is 5.74. The molecule has 0 saturated carbocycles. The van der Waals surface area contributed by atoms with Crippen molar-refractivity contribution in [2.75, 3.05) is 6.61 Å². The van der Waals surface area contributed by atoms with Gasteiger partial charge in [-0.15, -0.1) is 0 Å². The molecule has 0 unspecified atom stereocenters. The molecule has 0 aliphatic rings. The van der Waals surface area contributed by atoms with Crippen LogP contribution in [0.5, 0.6) is 0 Å². The minimum atomic E-state index is -1.61. The molecule has 0 spiro atoms. The summed E-state index contributed by atoms with van der Waals surface area (Å²) in [6.45, 7) is 3.27. The predicted octanol–water partition coefficient (Wildman–Crippen LogP) is 1.65. The molecule has 3 N–H and O–H groups in total. The molecule has 0 fully saturated rings. The smallest absolute Gasteiger partial charge is 0.422 e. The number of aliphatic hydroxyl groups excluding tert-OH is 1. The summed E-state index contributed by atoms with van der Waals surface area (Å²) in [5, 5.41) is 19.1. The summed E-state index contributed by atoms with van der Waals surface area (Å²) >= 11 is 0. The van der Waals surface area contributed by atoms with Crippen LogP contribution in [0.15, 0.2) is 18.2 Å². The highest BCUT2D eigenvalue weighted by Gasteiger charge is 2.30. The minimum Gasteiger partial charge on any atom is -0.480 e. The van der Waals surface area contributed by atoms with Gasteiger partial charge < -0.3 is 14.9 Å². The molecule has 134 valence electrons. The molecule has 1 rings (SSSR count). The maximum atomic E-state index is 13.8. The highest BCUT2D eigenvalue weighted by Crippen LogP contribution is 2.16. The van der Waals surface area contributed by atoms with Gasteiger partial charge in [0.25, 0.3) is 0 Å². The van der Waals surface area contributed by atoms with E-state index in [2.05, 4.69) is 5.43 Å². The molecule has 0 bridgehead atoms. The van der Waals surface area contributed by atoms with Crippen LogP contribution in [0.1, 0.15) is 26.3 Å². The molecule has 1 aromatic carbocycles. The number of aliphatic carboxylic acids is 1. The van der Waals surface area contributed by atoms with Crippen molar-refractivity contribution in [1.82, 2.24) is 10.4 Å². The van der Waals surface area contributed by atoms with Gasteiger partial charge in [0.15, 0.2) is 0 Å². The molecule has 1 aromatic rings. The summed E-state index contributed by atoms with van der Waals surface area (Å²) in [6.07, 6.45) is -1.01. The second-order valence-corrected chi connectivity index (χ2v) is 5.98. The fourth-order valence-corrected chi connectivity index (χ4v) is 1.81. The third-order valence-electron chi connectivity index (χ3n) is 2.86. The summed E-state index contributed by atoms with van der Waals surface area (Å²) in [5.41, 5.74) is 0.792. The summed E-state index contributed by atoms with van der Waals surface area (Å²) in [6, 6.07) is 1.54. The zero-order chi connectivity index (χ0) is 18.5. The fourth-order valence-electron chi connectivity index (χ4n) is 1.81. The highest BCUT2D eigenvalue weighted by molar-refractivity contribution is 5.74. The number of carboxylic acid groups (broad SMARTS) is 1. The van der Waals surface area contributed by atoms with Crippen molar-refractivity contribution in [2.45, 2.75) is 39.0 Å². The minimum absolute atomic E-state index is 0.451. The number of rotatable bonds is 6. The lowest BCUT2D eigenvalue weighted by Gasteiger charge is -2.29. The van der Waals surface area contributed by atoms with Crippen molar-refractivity contribution in [1.29, 1.82) is 0 Å². The molecule has 0 aliphatic carbocycles. The molecule has 1 atom stereocenters. The number of ether oxygens (including phenoxy) is 1. The molecular weight excluding hydrogens is 326 g/mol. The van der Waals surface area contributed by atoms with E-state index in [0.29, 0.717) is 5.01 Å². The number of hydrazine groups is 1. The monoisotopic (exact) mass is 346 g/mol. The van der Waals surface area contributed by atoms with Gasteiger partial charge in [0.1, 0.15) is 23.3 Å². The molecular formula is C15H20F2N2O5. The first-order valence-corrected chi connectivity index (χ1v) is 7.08. The Morgan fingerprint density at radius 3 is 2.25 bits per heavy atom. The average molecular weight is 346 g/mol. The highest BCUT2D eigenvalue weighted by atomic mass is 19.1. The summed E-state index contributed by atoms with van der Waals surface area (Å²) < 4.78 is 32.5. The summed E-state index contributed by atoms with van der Waals surface area (Å²) in [7, 11) is 0. The molecule has 7 nitrogen and oxygen atoms in total. The number of amides is 1. The number of benzene rings is 1. The Morgan fingerprint density at radius 1 is 1.29 bits per heavy atom. The third-order valence-corrected chi connectivity index (χ3v) is 2.86. The molecule has 0 aromatic heterocycles. The number of halogens is 2. The summed E-state index contributed by atoms with van der Waals surface area (Å²) in [5.74, 6) is -3.30. The Bertz CT molecular complexity index is 584. The van der Waals surface area contributed by atoms with E-state index in [0.717, 1.165) is 18.2 Å². The quantitative estimate of drug-likeness (QED) is 0.678. The van der Waals surface area contributed by atoms with E-state index >= 15 is 0 Å². The topological polar surface area (TPSA) is 99.1 Å². The van der Waals surface area contributed by atoms with E-state index in [-0.39, 0.29) is 0 Å².